The fourth-order valence-corrected chi connectivity index (χ4v) is 1.60. The number of nitrogens with two attached hydrogens (primary N) is 2. The molecule has 0 aromatic heterocycles. The lowest BCUT2D eigenvalue weighted by Crippen LogP contribution is -1.93. The van der Waals surface area contributed by atoms with E-state index in [1.807, 2.05) is 24.3 Å². The lowest BCUT2D eigenvalue weighted by molar-refractivity contribution is 1.48. The highest BCUT2D eigenvalue weighted by atomic mass is 14.6. The predicted molar refractivity (Wildman–Crippen MR) is 65.4 cm³/mol. The molecule has 0 spiro atoms. The van der Waals surface area contributed by atoms with Crippen LogP contribution in [0.4, 0.5) is 11.4 Å². The molecular formula is C13H11N3. The van der Waals surface area contributed by atoms with Gasteiger partial charge in [-0.2, -0.15) is 5.26 Å². The van der Waals surface area contributed by atoms with Crippen LogP contribution in [0.2, 0.25) is 0 Å². The summed E-state index contributed by atoms with van der Waals surface area (Å²) in [5.74, 6) is 0. The van der Waals surface area contributed by atoms with Gasteiger partial charge in [-0.3, -0.25) is 0 Å². The van der Waals surface area contributed by atoms with Crippen LogP contribution in [-0.2, 0) is 0 Å². The third-order valence-corrected chi connectivity index (χ3v) is 2.38. The van der Waals surface area contributed by atoms with Crippen molar-refractivity contribution in [3.63, 3.8) is 0 Å². The average molecular weight is 209 g/mol. The van der Waals surface area contributed by atoms with E-state index in [2.05, 4.69) is 6.07 Å². The minimum atomic E-state index is 0.619. The number of hydrogen-bond donors (Lipinski definition) is 2. The van der Waals surface area contributed by atoms with E-state index in [1.54, 1.807) is 18.2 Å². The van der Waals surface area contributed by atoms with Gasteiger partial charge in [0.25, 0.3) is 0 Å². The summed E-state index contributed by atoms with van der Waals surface area (Å²) in [5.41, 5.74) is 15.2. The Morgan fingerprint density at radius 2 is 1.81 bits per heavy atom. The first-order valence-electron chi connectivity index (χ1n) is 4.86. The van der Waals surface area contributed by atoms with Gasteiger partial charge < -0.3 is 11.5 Å². The maximum absolute atomic E-state index is 8.82. The summed E-state index contributed by atoms with van der Waals surface area (Å²) < 4.78 is 0. The summed E-state index contributed by atoms with van der Waals surface area (Å²) >= 11 is 0. The number of nitrogen functional groups attached to an aromatic ring is 2. The van der Waals surface area contributed by atoms with Gasteiger partial charge in [-0.25, -0.2) is 0 Å². The Labute approximate surface area is 93.9 Å². The SMILES string of the molecule is N#Cc1cccc(-c2ccc(N)cc2N)c1. The number of benzene rings is 2. The van der Waals surface area contributed by atoms with Gasteiger partial charge in [0.1, 0.15) is 0 Å². The zero-order valence-electron chi connectivity index (χ0n) is 8.64. The van der Waals surface area contributed by atoms with Crippen molar-refractivity contribution in [3.8, 4) is 17.2 Å². The molecule has 3 nitrogen and oxygen atoms in total. The van der Waals surface area contributed by atoms with Crippen LogP contribution in [0.15, 0.2) is 42.5 Å². The quantitative estimate of drug-likeness (QED) is 0.708. The molecule has 0 atom stereocenters. The molecule has 16 heavy (non-hydrogen) atoms. The van der Waals surface area contributed by atoms with E-state index < -0.39 is 0 Å². The molecule has 0 radical (unpaired) electrons. The summed E-state index contributed by atoms with van der Waals surface area (Å²) in [5, 5.41) is 8.82. The maximum atomic E-state index is 8.82. The smallest absolute Gasteiger partial charge is 0.0991 e. The number of rotatable bonds is 1. The van der Waals surface area contributed by atoms with E-state index in [0.29, 0.717) is 16.9 Å². The van der Waals surface area contributed by atoms with Gasteiger partial charge in [0.05, 0.1) is 11.6 Å². The predicted octanol–water partition coefficient (Wildman–Crippen LogP) is 2.39. The van der Waals surface area contributed by atoms with Crippen molar-refractivity contribution in [3.05, 3.63) is 48.0 Å². The molecule has 0 fully saturated rings. The van der Waals surface area contributed by atoms with Gasteiger partial charge in [-0.15, -0.1) is 0 Å². The van der Waals surface area contributed by atoms with Crippen molar-refractivity contribution in [1.82, 2.24) is 0 Å². The molecule has 78 valence electrons. The third-order valence-electron chi connectivity index (χ3n) is 2.38. The number of nitrogens with zero attached hydrogens (tertiary/aromatic N) is 1. The van der Waals surface area contributed by atoms with Gasteiger partial charge in [0.2, 0.25) is 0 Å². The van der Waals surface area contributed by atoms with Gasteiger partial charge in [0.15, 0.2) is 0 Å². The molecule has 0 heterocycles. The van der Waals surface area contributed by atoms with Crippen molar-refractivity contribution >= 4 is 11.4 Å². The number of anilines is 2. The van der Waals surface area contributed by atoms with E-state index in [1.165, 1.54) is 0 Å². The molecule has 0 unspecified atom stereocenters. The van der Waals surface area contributed by atoms with E-state index in [9.17, 15) is 0 Å². The molecule has 0 saturated heterocycles. The topological polar surface area (TPSA) is 75.8 Å². The van der Waals surface area contributed by atoms with Crippen LogP contribution >= 0.6 is 0 Å². The number of hydrogen-bond acceptors (Lipinski definition) is 3. The van der Waals surface area contributed by atoms with Crippen LogP contribution in [0.5, 0.6) is 0 Å². The lowest BCUT2D eigenvalue weighted by atomic mass is 10.0. The highest BCUT2D eigenvalue weighted by Crippen LogP contribution is 2.27. The molecule has 0 aliphatic rings. The van der Waals surface area contributed by atoms with Gasteiger partial charge in [-0.05, 0) is 29.8 Å². The van der Waals surface area contributed by atoms with Crippen molar-refractivity contribution in [1.29, 1.82) is 5.26 Å². The zero-order valence-corrected chi connectivity index (χ0v) is 8.64. The van der Waals surface area contributed by atoms with Crippen LogP contribution in [0.25, 0.3) is 11.1 Å². The Bertz CT molecular complexity index is 568. The summed E-state index contributed by atoms with van der Waals surface area (Å²) in [7, 11) is 0. The molecule has 2 rings (SSSR count). The van der Waals surface area contributed by atoms with Crippen molar-refractivity contribution in [2.24, 2.45) is 0 Å². The second-order valence-corrected chi connectivity index (χ2v) is 3.54. The molecule has 0 aliphatic heterocycles. The van der Waals surface area contributed by atoms with Crippen LogP contribution in [-0.4, -0.2) is 0 Å². The van der Waals surface area contributed by atoms with Crippen molar-refractivity contribution in [2.45, 2.75) is 0 Å². The first kappa shape index (κ1) is 10.1. The lowest BCUT2D eigenvalue weighted by Gasteiger charge is -2.06. The molecule has 4 N–H and O–H groups in total. The van der Waals surface area contributed by atoms with Crippen LogP contribution in [0, 0.1) is 11.3 Å². The normalized spacial score (nSPS) is 9.69. The summed E-state index contributed by atoms with van der Waals surface area (Å²) in [6.07, 6.45) is 0. The standard InChI is InChI=1S/C13H11N3/c14-8-9-2-1-3-10(6-9)12-5-4-11(15)7-13(12)16/h1-7H,15-16H2. The first-order chi connectivity index (χ1) is 7.70. The van der Waals surface area contributed by atoms with E-state index in [-0.39, 0.29) is 0 Å². The Balaban J connectivity index is 2.55. The molecule has 0 aliphatic carbocycles. The minimum Gasteiger partial charge on any atom is -0.399 e. The highest BCUT2D eigenvalue weighted by molar-refractivity contribution is 5.79. The Morgan fingerprint density at radius 1 is 1.00 bits per heavy atom. The van der Waals surface area contributed by atoms with Crippen LogP contribution in [0.3, 0.4) is 0 Å². The van der Waals surface area contributed by atoms with E-state index in [4.69, 9.17) is 16.7 Å². The summed E-state index contributed by atoms with van der Waals surface area (Å²) in [4.78, 5) is 0. The number of nitriles is 1. The largest absolute Gasteiger partial charge is 0.399 e. The minimum absolute atomic E-state index is 0.619. The molecule has 3 heteroatoms. The molecular weight excluding hydrogens is 198 g/mol. The van der Waals surface area contributed by atoms with Gasteiger partial charge in [0, 0.05) is 16.9 Å². The fraction of sp³-hybridized carbons (Fsp3) is 0. The summed E-state index contributed by atoms with van der Waals surface area (Å²) in [6.45, 7) is 0. The molecule has 0 saturated carbocycles. The third kappa shape index (κ3) is 1.82. The first-order valence-corrected chi connectivity index (χ1v) is 4.86. The molecule has 0 amide bonds. The second-order valence-electron chi connectivity index (χ2n) is 3.54. The van der Waals surface area contributed by atoms with Crippen LogP contribution < -0.4 is 11.5 Å². The molecule has 0 bridgehead atoms. The fourth-order valence-electron chi connectivity index (χ4n) is 1.60. The Hall–Kier alpha value is -2.47. The summed E-state index contributed by atoms with van der Waals surface area (Å²) in [6, 6.07) is 14.8. The van der Waals surface area contributed by atoms with Gasteiger partial charge >= 0.3 is 0 Å². The Morgan fingerprint density at radius 3 is 2.50 bits per heavy atom. The molecule has 2 aromatic rings. The second kappa shape index (κ2) is 3.95. The average Bonchev–Trinajstić information content (AvgIpc) is 2.29. The molecule has 2 aromatic carbocycles. The zero-order chi connectivity index (χ0) is 11.5. The van der Waals surface area contributed by atoms with Gasteiger partial charge in [-0.1, -0.05) is 18.2 Å². The monoisotopic (exact) mass is 209 g/mol. The van der Waals surface area contributed by atoms with Crippen molar-refractivity contribution in [2.75, 3.05) is 11.5 Å². The van der Waals surface area contributed by atoms with Crippen LogP contribution in [0.1, 0.15) is 5.56 Å². The maximum Gasteiger partial charge on any atom is 0.0991 e. The van der Waals surface area contributed by atoms with Crippen molar-refractivity contribution < 1.29 is 0 Å². The Kier molecular flexibility index (Phi) is 2.49. The van der Waals surface area contributed by atoms with E-state index >= 15 is 0 Å². The van der Waals surface area contributed by atoms with E-state index in [0.717, 1.165) is 11.1 Å². The highest BCUT2D eigenvalue weighted by Gasteiger charge is 2.03.